The molecular weight excluding hydrogens is 320 g/mol. The number of ether oxygens (including phenoxy) is 1. The second-order valence-electron chi connectivity index (χ2n) is 6.90. The topological polar surface area (TPSA) is 87.9 Å². The first-order valence-electron chi connectivity index (χ1n) is 8.74. The van der Waals surface area contributed by atoms with Crippen LogP contribution in [0.4, 0.5) is 5.69 Å². The monoisotopic (exact) mass is 346 g/mol. The van der Waals surface area contributed by atoms with E-state index in [-0.39, 0.29) is 11.8 Å². The Bertz CT molecular complexity index is 618. The number of benzene rings is 1. The number of nitrogens with one attached hydrogen (secondary N) is 1. The number of amides is 2. The van der Waals surface area contributed by atoms with E-state index in [9.17, 15) is 9.59 Å². The van der Waals surface area contributed by atoms with E-state index in [1.807, 2.05) is 4.90 Å². The molecule has 2 aliphatic heterocycles. The first-order chi connectivity index (χ1) is 12.0. The van der Waals surface area contributed by atoms with Crippen LogP contribution in [0.2, 0.25) is 0 Å². The largest absolute Gasteiger partial charge is 0.381 e. The van der Waals surface area contributed by atoms with Crippen molar-refractivity contribution in [2.24, 2.45) is 5.73 Å². The fourth-order valence-corrected chi connectivity index (χ4v) is 3.11. The number of likely N-dealkylation sites (N-methyl/N-ethyl adjacent to an activating group) is 1. The van der Waals surface area contributed by atoms with Crippen LogP contribution in [-0.4, -0.2) is 73.6 Å². The number of anilines is 1. The molecule has 2 amide bonds. The molecular formula is C18H26N4O3. The Morgan fingerprint density at radius 2 is 1.68 bits per heavy atom. The summed E-state index contributed by atoms with van der Waals surface area (Å²) in [5.74, 6) is -0.167. The van der Waals surface area contributed by atoms with Gasteiger partial charge in [0, 0.05) is 50.6 Å². The zero-order valence-electron chi connectivity index (χ0n) is 14.7. The molecule has 0 aliphatic carbocycles. The van der Waals surface area contributed by atoms with Gasteiger partial charge in [-0.2, -0.15) is 0 Å². The van der Waals surface area contributed by atoms with Gasteiger partial charge in [-0.3, -0.25) is 9.59 Å². The summed E-state index contributed by atoms with van der Waals surface area (Å²) >= 11 is 0. The molecule has 1 aromatic carbocycles. The van der Waals surface area contributed by atoms with Gasteiger partial charge in [0.25, 0.3) is 5.91 Å². The van der Waals surface area contributed by atoms with Crippen LogP contribution in [0.25, 0.3) is 0 Å². The van der Waals surface area contributed by atoms with Crippen molar-refractivity contribution in [2.75, 3.05) is 51.8 Å². The molecule has 0 spiro atoms. The highest BCUT2D eigenvalue weighted by Gasteiger charge is 2.35. The van der Waals surface area contributed by atoms with Crippen LogP contribution in [0.3, 0.4) is 0 Å². The molecule has 7 heteroatoms. The van der Waals surface area contributed by atoms with Crippen molar-refractivity contribution in [1.82, 2.24) is 9.80 Å². The van der Waals surface area contributed by atoms with E-state index >= 15 is 0 Å². The molecule has 0 aromatic heterocycles. The summed E-state index contributed by atoms with van der Waals surface area (Å²) in [7, 11) is 2.06. The number of piperazine rings is 1. The molecule has 0 bridgehead atoms. The molecule has 25 heavy (non-hydrogen) atoms. The zero-order valence-corrected chi connectivity index (χ0v) is 14.7. The predicted molar refractivity (Wildman–Crippen MR) is 95.4 cm³/mol. The summed E-state index contributed by atoms with van der Waals surface area (Å²) in [5.41, 5.74) is 6.58. The van der Waals surface area contributed by atoms with E-state index in [0.717, 1.165) is 26.2 Å². The van der Waals surface area contributed by atoms with Crippen LogP contribution in [0.1, 0.15) is 23.2 Å². The van der Waals surface area contributed by atoms with Crippen LogP contribution >= 0.6 is 0 Å². The Morgan fingerprint density at radius 3 is 2.28 bits per heavy atom. The van der Waals surface area contributed by atoms with Crippen LogP contribution in [0, 0.1) is 0 Å². The van der Waals surface area contributed by atoms with Gasteiger partial charge in [-0.25, -0.2) is 0 Å². The van der Waals surface area contributed by atoms with E-state index in [2.05, 4.69) is 17.3 Å². The second-order valence-corrected chi connectivity index (χ2v) is 6.90. The Morgan fingerprint density at radius 1 is 1.08 bits per heavy atom. The van der Waals surface area contributed by atoms with E-state index in [4.69, 9.17) is 10.5 Å². The maximum atomic E-state index is 12.5. The minimum atomic E-state index is -0.882. The fraction of sp³-hybridized carbons (Fsp3) is 0.556. The highest BCUT2D eigenvalue weighted by molar-refractivity contribution is 5.99. The quantitative estimate of drug-likeness (QED) is 0.833. The molecule has 2 aliphatic rings. The molecule has 0 radical (unpaired) electrons. The first kappa shape index (κ1) is 17.8. The lowest BCUT2D eigenvalue weighted by Crippen LogP contribution is -2.54. The Hall–Kier alpha value is -1.96. The average Bonchev–Trinajstić information content (AvgIpc) is 2.63. The van der Waals surface area contributed by atoms with Gasteiger partial charge in [0.2, 0.25) is 5.91 Å². The van der Waals surface area contributed by atoms with Gasteiger partial charge < -0.3 is 25.6 Å². The number of nitrogens with two attached hydrogens (primary N) is 1. The van der Waals surface area contributed by atoms with Gasteiger partial charge in [-0.15, -0.1) is 0 Å². The SMILES string of the molecule is CN1CCN(C(=O)c2ccc(NC(=O)C3(N)CCOCC3)cc2)CC1. The standard InChI is InChI=1S/C18H26N4O3/c1-21-8-10-22(11-9-21)16(23)14-2-4-15(5-3-14)20-17(24)18(19)6-12-25-13-7-18/h2-5H,6-13,19H2,1H3,(H,20,24). The molecule has 2 fully saturated rings. The van der Waals surface area contributed by atoms with Gasteiger partial charge in [0.05, 0.1) is 0 Å². The van der Waals surface area contributed by atoms with E-state index in [0.29, 0.717) is 37.3 Å². The van der Waals surface area contributed by atoms with E-state index < -0.39 is 5.54 Å². The van der Waals surface area contributed by atoms with Gasteiger partial charge in [0.1, 0.15) is 5.54 Å². The van der Waals surface area contributed by atoms with Crippen molar-refractivity contribution in [3.63, 3.8) is 0 Å². The van der Waals surface area contributed by atoms with Crippen molar-refractivity contribution >= 4 is 17.5 Å². The summed E-state index contributed by atoms with van der Waals surface area (Å²) in [6, 6.07) is 7.01. The summed E-state index contributed by atoms with van der Waals surface area (Å²) < 4.78 is 5.27. The number of carbonyl (C=O) groups excluding carboxylic acids is 2. The Balaban J connectivity index is 1.60. The molecule has 3 N–H and O–H groups in total. The zero-order chi connectivity index (χ0) is 17.9. The summed E-state index contributed by atoms with van der Waals surface area (Å²) in [6.45, 7) is 4.27. The van der Waals surface area contributed by atoms with Crippen molar-refractivity contribution in [2.45, 2.75) is 18.4 Å². The third-order valence-corrected chi connectivity index (χ3v) is 5.02. The molecule has 0 unspecified atom stereocenters. The number of nitrogens with zero attached hydrogens (tertiary/aromatic N) is 2. The maximum absolute atomic E-state index is 12.5. The highest BCUT2D eigenvalue weighted by Crippen LogP contribution is 2.20. The molecule has 0 saturated carbocycles. The molecule has 3 rings (SSSR count). The third-order valence-electron chi connectivity index (χ3n) is 5.02. The van der Waals surface area contributed by atoms with Crippen molar-refractivity contribution in [3.05, 3.63) is 29.8 Å². The molecule has 1 aromatic rings. The number of hydrogen-bond acceptors (Lipinski definition) is 5. The van der Waals surface area contributed by atoms with Crippen LogP contribution in [-0.2, 0) is 9.53 Å². The molecule has 136 valence electrons. The minimum Gasteiger partial charge on any atom is -0.381 e. The maximum Gasteiger partial charge on any atom is 0.253 e. The molecule has 7 nitrogen and oxygen atoms in total. The number of rotatable bonds is 3. The normalized spacial score (nSPS) is 21.0. The smallest absolute Gasteiger partial charge is 0.253 e. The van der Waals surface area contributed by atoms with Crippen molar-refractivity contribution < 1.29 is 14.3 Å². The van der Waals surface area contributed by atoms with Crippen LogP contribution < -0.4 is 11.1 Å². The Kier molecular flexibility index (Phi) is 5.36. The van der Waals surface area contributed by atoms with Crippen molar-refractivity contribution in [1.29, 1.82) is 0 Å². The minimum absolute atomic E-state index is 0.0331. The van der Waals surface area contributed by atoms with E-state index in [1.54, 1.807) is 24.3 Å². The van der Waals surface area contributed by atoms with Gasteiger partial charge in [-0.05, 0) is 44.2 Å². The average molecular weight is 346 g/mol. The predicted octanol–water partition coefficient (Wildman–Crippen LogP) is 0.521. The molecule has 0 atom stereocenters. The summed E-state index contributed by atoms with van der Waals surface area (Å²) in [5, 5.41) is 2.85. The number of carbonyl (C=O) groups is 2. The lowest BCUT2D eigenvalue weighted by atomic mass is 9.90. The summed E-state index contributed by atoms with van der Waals surface area (Å²) in [4.78, 5) is 29.0. The molecule has 2 heterocycles. The fourth-order valence-electron chi connectivity index (χ4n) is 3.11. The lowest BCUT2D eigenvalue weighted by Gasteiger charge is -2.32. The number of hydrogen-bond donors (Lipinski definition) is 2. The first-order valence-corrected chi connectivity index (χ1v) is 8.74. The van der Waals surface area contributed by atoms with Gasteiger partial charge >= 0.3 is 0 Å². The summed E-state index contributed by atoms with van der Waals surface area (Å²) in [6.07, 6.45) is 1.03. The Labute approximate surface area is 148 Å². The van der Waals surface area contributed by atoms with Gasteiger partial charge in [0.15, 0.2) is 0 Å². The molecule has 2 saturated heterocycles. The van der Waals surface area contributed by atoms with Crippen LogP contribution in [0.15, 0.2) is 24.3 Å². The van der Waals surface area contributed by atoms with Gasteiger partial charge in [-0.1, -0.05) is 0 Å². The van der Waals surface area contributed by atoms with Crippen LogP contribution in [0.5, 0.6) is 0 Å². The van der Waals surface area contributed by atoms with E-state index in [1.165, 1.54) is 0 Å². The lowest BCUT2D eigenvalue weighted by molar-refractivity contribution is -0.124. The second kappa shape index (κ2) is 7.51. The highest BCUT2D eigenvalue weighted by atomic mass is 16.5. The third kappa shape index (κ3) is 4.18. The van der Waals surface area contributed by atoms with Crippen molar-refractivity contribution in [3.8, 4) is 0 Å².